The van der Waals surface area contributed by atoms with E-state index in [0.29, 0.717) is 27.8 Å². The lowest BCUT2D eigenvalue weighted by Gasteiger charge is -2.01. The number of hydrogen-bond acceptors (Lipinski definition) is 8. The molecule has 2 aromatic heterocycles. The fourth-order valence-corrected chi connectivity index (χ4v) is 4.54. The van der Waals surface area contributed by atoms with Crippen molar-refractivity contribution in [3.8, 4) is 27.6 Å². The maximum Gasteiger partial charge on any atom is 0.301 e. The number of thiazole rings is 1. The molecular weight excluding hydrogens is 518 g/mol. The van der Waals surface area contributed by atoms with Crippen molar-refractivity contribution in [3.63, 3.8) is 0 Å². The van der Waals surface area contributed by atoms with E-state index in [1.54, 1.807) is 24.3 Å². The Balaban J connectivity index is 1.55. The quantitative estimate of drug-likeness (QED) is 0.137. The van der Waals surface area contributed by atoms with Gasteiger partial charge in [0, 0.05) is 41.3 Å². The first-order chi connectivity index (χ1) is 18.8. The molecule has 12 heteroatoms. The maximum absolute atomic E-state index is 13.5. The summed E-state index contributed by atoms with van der Waals surface area (Å²) >= 11 is 1.28. The van der Waals surface area contributed by atoms with E-state index in [1.165, 1.54) is 47.2 Å². The van der Waals surface area contributed by atoms with Gasteiger partial charge in [0.05, 0.1) is 22.0 Å². The number of carbonyl (C=O) groups excluding carboxylic acids is 1. The zero-order chi connectivity index (χ0) is 27.5. The van der Waals surface area contributed by atoms with Gasteiger partial charge in [0.1, 0.15) is 0 Å². The molecule has 3 aromatic carbocycles. The van der Waals surface area contributed by atoms with Crippen molar-refractivity contribution in [2.24, 2.45) is 10.2 Å². The van der Waals surface area contributed by atoms with Crippen molar-refractivity contribution in [1.82, 2.24) is 14.8 Å². The molecule has 0 unspecified atom stereocenters. The summed E-state index contributed by atoms with van der Waals surface area (Å²) in [5.41, 5.74) is 4.13. The third-order valence-corrected chi connectivity index (χ3v) is 6.54. The van der Waals surface area contributed by atoms with Gasteiger partial charge in [-0.2, -0.15) is 9.80 Å². The lowest BCUT2D eigenvalue weighted by Crippen LogP contribution is -2.13. The van der Waals surface area contributed by atoms with E-state index in [1.807, 2.05) is 36.6 Å². The molecule has 5 aromatic rings. The number of aromatic amines is 1. The number of hydrogen-bond donors (Lipinski definition) is 2. The number of carbonyl (C=O) groups is 1. The Bertz CT molecular complexity index is 1750. The van der Waals surface area contributed by atoms with Crippen molar-refractivity contribution in [2.75, 3.05) is 5.32 Å². The average molecular weight is 540 g/mol. The number of benzene rings is 3. The van der Waals surface area contributed by atoms with Crippen LogP contribution >= 0.6 is 11.3 Å². The van der Waals surface area contributed by atoms with Crippen LogP contribution in [0.5, 0.6) is 0 Å². The van der Waals surface area contributed by atoms with Crippen LogP contribution in [0, 0.1) is 17.0 Å². The number of azo groups is 1. The van der Waals surface area contributed by atoms with E-state index in [0.717, 1.165) is 16.8 Å². The summed E-state index contributed by atoms with van der Waals surface area (Å²) in [5.74, 6) is -0.197. The summed E-state index contributed by atoms with van der Waals surface area (Å²) in [5, 5.41) is 27.6. The lowest BCUT2D eigenvalue weighted by molar-refractivity contribution is -0.384. The first-order valence-electron chi connectivity index (χ1n) is 11.7. The number of nitro groups is 1. The van der Waals surface area contributed by atoms with Gasteiger partial charge in [-0.1, -0.05) is 29.8 Å². The lowest BCUT2D eigenvalue weighted by atomic mass is 10.1. The molecule has 0 saturated heterocycles. The minimum atomic E-state index is -0.495. The number of nitrogens with one attached hydrogen (secondary N) is 2. The van der Waals surface area contributed by atoms with Crippen molar-refractivity contribution >= 4 is 40.0 Å². The van der Waals surface area contributed by atoms with Gasteiger partial charge in [0.15, 0.2) is 5.69 Å². The van der Waals surface area contributed by atoms with E-state index >= 15 is 0 Å². The normalized spacial score (nSPS) is 11.1. The molecule has 1 amide bonds. The molecule has 194 valence electrons. The van der Waals surface area contributed by atoms with Crippen molar-refractivity contribution in [2.45, 2.75) is 13.8 Å². The van der Waals surface area contributed by atoms with Crippen LogP contribution in [0.25, 0.3) is 27.6 Å². The number of H-pyrrole nitrogens is 1. The maximum atomic E-state index is 13.5. The first-order valence-corrected chi connectivity index (χ1v) is 12.6. The Kier molecular flexibility index (Phi) is 6.93. The predicted molar refractivity (Wildman–Crippen MR) is 149 cm³/mol. The highest BCUT2D eigenvalue weighted by Crippen LogP contribution is 2.31. The van der Waals surface area contributed by atoms with Crippen molar-refractivity contribution in [1.29, 1.82) is 0 Å². The van der Waals surface area contributed by atoms with Gasteiger partial charge < -0.3 is 5.32 Å². The fraction of sp³-hybridized carbons (Fsp3) is 0.0741. The molecule has 0 fully saturated rings. The highest BCUT2D eigenvalue weighted by atomic mass is 32.1. The Hall–Kier alpha value is -5.23. The van der Waals surface area contributed by atoms with Crippen LogP contribution in [-0.2, 0) is 4.79 Å². The van der Waals surface area contributed by atoms with Gasteiger partial charge in [-0.3, -0.25) is 24.8 Å². The second-order valence-electron chi connectivity index (χ2n) is 8.59. The summed E-state index contributed by atoms with van der Waals surface area (Å²) in [7, 11) is 0. The summed E-state index contributed by atoms with van der Waals surface area (Å²) in [6.45, 7) is 3.42. The van der Waals surface area contributed by atoms with Gasteiger partial charge in [0.25, 0.3) is 5.69 Å². The Morgan fingerprint density at radius 2 is 1.67 bits per heavy atom. The molecule has 2 N–H and O–H groups in total. The molecule has 2 heterocycles. The highest BCUT2D eigenvalue weighted by molar-refractivity contribution is 7.12. The second kappa shape index (κ2) is 10.6. The number of nitro benzene ring substituents is 1. The Morgan fingerprint density at radius 3 is 2.31 bits per heavy atom. The average Bonchev–Trinajstić information content (AvgIpc) is 3.53. The van der Waals surface area contributed by atoms with E-state index in [-0.39, 0.29) is 17.3 Å². The van der Waals surface area contributed by atoms with E-state index in [9.17, 15) is 19.7 Å². The monoisotopic (exact) mass is 539 g/mol. The third kappa shape index (κ3) is 5.55. The number of nitrogens with zero attached hydrogens (tertiary/aromatic N) is 5. The molecule has 0 atom stereocenters. The van der Waals surface area contributed by atoms with E-state index in [4.69, 9.17) is 0 Å². The van der Waals surface area contributed by atoms with Crippen LogP contribution in [0.1, 0.15) is 12.5 Å². The molecular formula is C27H21N7O4S. The van der Waals surface area contributed by atoms with E-state index < -0.39 is 10.5 Å². The van der Waals surface area contributed by atoms with Crippen LogP contribution in [0.3, 0.4) is 0 Å². The molecule has 0 radical (unpaired) electrons. The van der Waals surface area contributed by atoms with Crippen LogP contribution in [0.15, 0.2) is 93.2 Å². The van der Waals surface area contributed by atoms with Gasteiger partial charge in [-0.15, -0.1) is 16.5 Å². The smallest absolute Gasteiger partial charge is 0.301 e. The second-order valence-corrected chi connectivity index (χ2v) is 9.43. The SMILES string of the molecule is CC(=O)Nc1ccc(N=Nc2c(-c3ccc([N+](=O)[O-])cc3)[nH]n(-c3nc(-c4ccc(C)cc4)cs3)c2=O)cc1. The first kappa shape index (κ1) is 25.4. The Morgan fingerprint density at radius 1 is 1.00 bits per heavy atom. The molecule has 0 aliphatic heterocycles. The molecule has 0 saturated carbocycles. The minimum absolute atomic E-state index is 0.0156. The molecule has 5 rings (SSSR count). The third-order valence-electron chi connectivity index (χ3n) is 5.72. The standard InChI is InChI=1S/C27H21N7O4S/c1-16-3-5-18(6-4-16)23-15-39-27(29-23)33-26(36)25(24(32-33)19-7-13-22(14-8-19)34(37)38)31-30-21-11-9-20(10-12-21)28-17(2)35/h3-15,32H,1-2H3,(H,28,35). The molecule has 0 bridgehead atoms. The van der Waals surface area contributed by atoms with Crippen LogP contribution in [0.4, 0.5) is 22.7 Å². The summed E-state index contributed by atoms with van der Waals surface area (Å²) < 4.78 is 1.29. The summed E-state index contributed by atoms with van der Waals surface area (Å²) in [6, 6.07) is 20.3. The number of non-ortho nitro benzene ring substituents is 1. The number of amides is 1. The van der Waals surface area contributed by atoms with Gasteiger partial charge in [-0.05, 0) is 43.3 Å². The number of rotatable bonds is 7. The Labute approximate surface area is 225 Å². The van der Waals surface area contributed by atoms with Gasteiger partial charge in [0.2, 0.25) is 11.0 Å². The van der Waals surface area contributed by atoms with E-state index in [2.05, 4.69) is 25.6 Å². The van der Waals surface area contributed by atoms with Crippen LogP contribution < -0.4 is 10.9 Å². The molecule has 11 nitrogen and oxygen atoms in total. The van der Waals surface area contributed by atoms with Crippen molar-refractivity contribution < 1.29 is 9.72 Å². The molecule has 39 heavy (non-hydrogen) atoms. The minimum Gasteiger partial charge on any atom is -0.326 e. The fourth-order valence-electron chi connectivity index (χ4n) is 3.75. The number of aryl methyl sites for hydroxylation is 1. The predicted octanol–water partition coefficient (Wildman–Crippen LogP) is 6.55. The largest absolute Gasteiger partial charge is 0.326 e. The zero-order valence-electron chi connectivity index (χ0n) is 20.8. The molecule has 0 aliphatic rings. The van der Waals surface area contributed by atoms with Gasteiger partial charge in [-0.25, -0.2) is 4.98 Å². The van der Waals surface area contributed by atoms with Crippen molar-refractivity contribution in [3.05, 3.63) is 104 Å². The topological polar surface area (TPSA) is 148 Å². The van der Waals surface area contributed by atoms with Gasteiger partial charge >= 0.3 is 5.56 Å². The number of aromatic nitrogens is 3. The van der Waals surface area contributed by atoms with Crippen LogP contribution in [-0.4, -0.2) is 25.6 Å². The summed E-state index contributed by atoms with van der Waals surface area (Å²) in [4.78, 5) is 40.0. The molecule has 0 aliphatic carbocycles. The zero-order valence-corrected chi connectivity index (χ0v) is 21.6. The number of anilines is 1. The summed E-state index contributed by atoms with van der Waals surface area (Å²) in [6.07, 6.45) is 0. The van der Waals surface area contributed by atoms with Crippen LogP contribution in [0.2, 0.25) is 0 Å². The molecule has 0 spiro atoms. The highest BCUT2D eigenvalue weighted by Gasteiger charge is 2.20.